The van der Waals surface area contributed by atoms with Crippen molar-refractivity contribution in [3.05, 3.63) is 34.5 Å². The molecule has 0 atom stereocenters. The summed E-state index contributed by atoms with van der Waals surface area (Å²) in [4.78, 5) is 8.47. The predicted octanol–water partition coefficient (Wildman–Crippen LogP) is 2.97. The van der Waals surface area contributed by atoms with Crippen LogP contribution in [0.25, 0.3) is 11.3 Å². The van der Waals surface area contributed by atoms with Gasteiger partial charge in [-0.25, -0.2) is 9.97 Å². The van der Waals surface area contributed by atoms with Crippen LogP contribution < -0.4 is 10.5 Å². The standard InChI is InChI=1S/C15H19N3O/c1-8-6-13(19-5)10(3)11(4)14(8)12-7-9(2)17-15(16)18-12/h6-7H,1-5H3,(H2,16,17,18). The lowest BCUT2D eigenvalue weighted by Crippen LogP contribution is -2.02. The van der Waals surface area contributed by atoms with Crippen molar-refractivity contribution in [2.75, 3.05) is 12.8 Å². The molecule has 4 heteroatoms. The van der Waals surface area contributed by atoms with Crippen molar-refractivity contribution in [2.45, 2.75) is 27.7 Å². The number of nitrogens with zero attached hydrogens (tertiary/aromatic N) is 2. The third-order valence-corrected chi connectivity index (χ3v) is 3.40. The van der Waals surface area contributed by atoms with E-state index in [2.05, 4.69) is 30.7 Å². The summed E-state index contributed by atoms with van der Waals surface area (Å²) in [5, 5.41) is 0. The van der Waals surface area contributed by atoms with Crippen molar-refractivity contribution >= 4 is 5.95 Å². The van der Waals surface area contributed by atoms with Crippen LogP contribution >= 0.6 is 0 Å². The Labute approximate surface area is 113 Å². The van der Waals surface area contributed by atoms with Crippen molar-refractivity contribution in [2.24, 2.45) is 0 Å². The zero-order valence-corrected chi connectivity index (χ0v) is 12.0. The van der Waals surface area contributed by atoms with Crippen molar-refractivity contribution in [3.8, 4) is 17.0 Å². The van der Waals surface area contributed by atoms with Crippen LogP contribution in [-0.4, -0.2) is 17.1 Å². The minimum Gasteiger partial charge on any atom is -0.496 e. The van der Waals surface area contributed by atoms with E-state index in [9.17, 15) is 0 Å². The molecule has 0 unspecified atom stereocenters. The number of aromatic nitrogens is 2. The van der Waals surface area contributed by atoms with Crippen molar-refractivity contribution < 1.29 is 4.74 Å². The molecule has 0 amide bonds. The van der Waals surface area contributed by atoms with Gasteiger partial charge in [0.25, 0.3) is 0 Å². The Morgan fingerprint density at radius 1 is 1.00 bits per heavy atom. The molecule has 0 fully saturated rings. The molecule has 0 aliphatic rings. The number of hydrogen-bond acceptors (Lipinski definition) is 4. The van der Waals surface area contributed by atoms with Crippen LogP contribution in [0, 0.1) is 27.7 Å². The largest absolute Gasteiger partial charge is 0.496 e. The smallest absolute Gasteiger partial charge is 0.220 e. The Morgan fingerprint density at radius 3 is 2.26 bits per heavy atom. The second-order valence-electron chi connectivity index (χ2n) is 4.77. The molecule has 0 spiro atoms. The van der Waals surface area contributed by atoms with Gasteiger partial charge in [-0.2, -0.15) is 0 Å². The number of benzene rings is 1. The maximum absolute atomic E-state index is 5.74. The first kappa shape index (κ1) is 13.3. The average Bonchev–Trinajstić information content (AvgIpc) is 2.32. The fourth-order valence-corrected chi connectivity index (χ4v) is 2.37. The number of nitrogen functional groups attached to an aromatic ring is 1. The highest BCUT2D eigenvalue weighted by Gasteiger charge is 2.14. The normalized spacial score (nSPS) is 10.6. The van der Waals surface area contributed by atoms with E-state index in [1.807, 2.05) is 19.1 Å². The molecule has 0 saturated heterocycles. The molecule has 4 nitrogen and oxygen atoms in total. The summed E-state index contributed by atoms with van der Waals surface area (Å²) in [7, 11) is 1.69. The average molecular weight is 257 g/mol. The van der Waals surface area contributed by atoms with Crippen LogP contribution in [0.4, 0.5) is 5.95 Å². The molecule has 1 heterocycles. The van der Waals surface area contributed by atoms with E-state index in [0.29, 0.717) is 5.95 Å². The molecule has 0 saturated carbocycles. The van der Waals surface area contributed by atoms with E-state index in [1.165, 1.54) is 0 Å². The summed E-state index contributed by atoms with van der Waals surface area (Å²) in [5.41, 5.74) is 12.0. The molecule has 2 rings (SSSR count). The van der Waals surface area contributed by atoms with E-state index < -0.39 is 0 Å². The van der Waals surface area contributed by atoms with Crippen molar-refractivity contribution in [3.63, 3.8) is 0 Å². The molecule has 2 aromatic rings. The summed E-state index contributed by atoms with van der Waals surface area (Å²) in [6, 6.07) is 3.99. The molecule has 0 bridgehead atoms. The molecular weight excluding hydrogens is 238 g/mol. The zero-order valence-electron chi connectivity index (χ0n) is 12.0. The Kier molecular flexibility index (Phi) is 3.42. The van der Waals surface area contributed by atoms with Crippen LogP contribution in [0.15, 0.2) is 12.1 Å². The van der Waals surface area contributed by atoms with Gasteiger partial charge in [-0.05, 0) is 56.5 Å². The van der Waals surface area contributed by atoms with Gasteiger partial charge in [-0.3, -0.25) is 0 Å². The third-order valence-electron chi connectivity index (χ3n) is 3.40. The van der Waals surface area contributed by atoms with E-state index in [1.54, 1.807) is 7.11 Å². The highest BCUT2D eigenvalue weighted by molar-refractivity contribution is 5.71. The summed E-state index contributed by atoms with van der Waals surface area (Å²) < 4.78 is 5.39. The molecule has 2 N–H and O–H groups in total. The zero-order chi connectivity index (χ0) is 14.2. The molecule has 0 radical (unpaired) electrons. The van der Waals surface area contributed by atoms with Crippen LogP contribution in [0.2, 0.25) is 0 Å². The molecule has 1 aromatic heterocycles. The van der Waals surface area contributed by atoms with Gasteiger partial charge in [0.15, 0.2) is 0 Å². The second-order valence-corrected chi connectivity index (χ2v) is 4.77. The second kappa shape index (κ2) is 4.88. The highest BCUT2D eigenvalue weighted by atomic mass is 16.5. The molecule has 0 aliphatic carbocycles. The minimum atomic E-state index is 0.308. The number of ether oxygens (including phenoxy) is 1. The van der Waals surface area contributed by atoms with Gasteiger partial charge >= 0.3 is 0 Å². The topological polar surface area (TPSA) is 61.0 Å². The lowest BCUT2D eigenvalue weighted by Gasteiger charge is -2.16. The number of methoxy groups -OCH3 is 1. The van der Waals surface area contributed by atoms with Crippen molar-refractivity contribution in [1.29, 1.82) is 0 Å². The van der Waals surface area contributed by atoms with Crippen molar-refractivity contribution in [1.82, 2.24) is 9.97 Å². The maximum Gasteiger partial charge on any atom is 0.220 e. The molecule has 19 heavy (non-hydrogen) atoms. The first-order chi connectivity index (χ1) is 8.93. The number of hydrogen-bond donors (Lipinski definition) is 1. The predicted molar refractivity (Wildman–Crippen MR) is 77.4 cm³/mol. The molecule has 0 aliphatic heterocycles. The first-order valence-corrected chi connectivity index (χ1v) is 6.20. The Hall–Kier alpha value is -2.10. The van der Waals surface area contributed by atoms with Gasteiger partial charge < -0.3 is 10.5 Å². The lowest BCUT2D eigenvalue weighted by molar-refractivity contribution is 0.411. The highest BCUT2D eigenvalue weighted by Crippen LogP contribution is 2.33. The van der Waals surface area contributed by atoms with E-state index in [-0.39, 0.29) is 0 Å². The van der Waals surface area contributed by atoms with Gasteiger partial charge in [0, 0.05) is 11.3 Å². The maximum atomic E-state index is 5.74. The number of aryl methyl sites for hydroxylation is 2. The van der Waals surface area contributed by atoms with Crippen LogP contribution in [0.5, 0.6) is 5.75 Å². The molecule has 1 aromatic carbocycles. The molecule has 100 valence electrons. The van der Waals surface area contributed by atoms with E-state index in [0.717, 1.165) is 39.4 Å². The fraction of sp³-hybridized carbons (Fsp3) is 0.333. The SMILES string of the molecule is COc1cc(C)c(-c2cc(C)nc(N)n2)c(C)c1C. The van der Waals surface area contributed by atoms with Gasteiger partial charge in [-0.1, -0.05) is 0 Å². The number of rotatable bonds is 2. The van der Waals surface area contributed by atoms with Gasteiger partial charge in [0.2, 0.25) is 5.95 Å². The Bertz CT molecular complexity index is 616. The van der Waals surface area contributed by atoms with Gasteiger partial charge in [0.05, 0.1) is 12.8 Å². The summed E-state index contributed by atoms with van der Waals surface area (Å²) in [5.74, 6) is 1.21. The van der Waals surface area contributed by atoms with Crippen LogP contribution in [0.3, 0.4) is 0 Å². The number of nitrogens with two attached hydrogens (primary N) is 1. The van der Waals surface area contributed by atoms with Crippen LogP contribution in [0.1, 0.15) is 22.4 Å². The fourth-order valence-electron chi connectivity index (χ4n) is 2.37. The van der Waals surface area contributed by atoms with Gasteiger partial charge in [0.1, 0.15) is 5.75 Å². The monoisotopic (exact) mass is 257 g/mol. The Morgan fingerprint density at radius 2 is 1.68 bits per heavy atom. The number of anilines is 1. The molecular formula is C15H19N3O. The Balaban J connectivity index is 2.72. The summed E-state index contributed by atoms with van der Waals surface area (Å²) in [6.07, 6.45) is 0. The quantitative estimate of drug-likeness (QED) is 0.898. The van der Waals surface area contributed by atoms with Crippen LogP contribution in [-0.2, 0) is 0 Å². The summed E-state index contributed by atoms with van der Waals surface area (Å²) in [6.45, 7) is 8.10. The third kappa shape index (κ3) is 2.38. The lowest BCUT2D eigenvalue weighted by atomic mass is 9.94. The van der Waals surface area contributed by atoms with E-state index >= 15 is 0 Å². The van der Waals surface area contributed by atoms with E-state index in [4.69, 9.17) is 10.5 Å². The van der Waals surface area contributed by atoms with Gasteiger partial charge in [-0.15, -0.1) is 0 Å². The summed E-state index contributed by atoms with van der Waals surface area (Å²) >= 11 is 0. The minimum absolute atomic E-state index is 0.308. The first-order valence-electron chi connectivity index (χ1n) is 6.20.